The van der Waals surface area contributed by atoms with Crippen molar-refractivity contribution in [1.29, 1.82) is 0 Å². The van der Waals surface area contributed by atoms with Crippen molar-refractivity contribution in [3.05, 3.63) is 54.7 Å². The fraction of sp³-hybridized carbons (Fsp3) is 0.125. The first-order valence-electron chi connectivity index (χ1n) is 6.65. The second kappa shape index (κ2) is 7.39. The predicted molar refractivity (Wildman–Crippen MR) is 90.9 cm³/mol. The summed E-state index contributed by atoms with van der Waals surface area (Å²) in [6.45, 7) is 0. The lowest BCUT2D eigenvalue weighted by Gasteiger charge is -2.02. The molecule has 23 heavy (non-hydrogen) atoms. The maximum Gasteiger partial charge on any atom is 0.261 e. The Morgan fingerprint density at radius 1 is 0.913 bits per heavy atom. The van der Waals surface area contributed by atoms with E-state index in [4.69, 9.17) is 20.2 Å². The van der Waals surface area contributed by atoms with Gasteiger partial charge in [-0.3, -0.25) is 0 Å². The average Bonchev–Trinajstić information content (AvgIpc) is 2.99. The smallest absolute Gasteiger partial charge is 0.261 e. The molecule has 0 fully saturated rings. The van der Waals surface area contributed by atoms with Gasteiger partial charge in [0.1, 0.15) is 11.5 Å². The highest BCUT2D eigenvalue weighted by Gasteiger charge is 2.08. The van der Waals surface area contributed by atoms with Crippen molar-refractivity contribution >= 4 is 30.6 Å². The molecule has 3 aromatic rings. The van der Waals surface area contributed by atoms with E-state index >= 15 is 0 Å². The van der Waals surface area contributed by atoms with Crippen LogP contribution in [-0.4, -0.2) is 27.6 Å². The number of hydrogen-bond donors (Lipinski definition) is 1. The highest BCUT2D eigenvalue weighted by Crippen LogP contribution is 2.33. The number of H-pyrrole nitrogens is 1. The molecule has 0 saturated carbocycles. The standard InChI is InChI=1S/C10H11NO2.C6H5ClO2S/c1-12-8-5-3-4-7-10(8)9(13-2)6-11-7;7-10(8,9)6-4-2-1-3-5-6/h3-6,11H,1-2H3;1-5H. The summed E-state index contributed by atoms with van der Waals surface area (Å²) in [6, 6.07) is 13.7. The van der Waals surface area contributed by atoms with Crippen LogP contribution in [-0.2, 0) is 9.05 Å². The molecular weight excluding hydrogens is 338 g/mol. The zero-order chi connectivity index (χ0) is 16.9. The molecule has 122 valence electrons. The lowest BCUT2D eigenvalue weighted by atomic mass is 10.2. The van der Waals surface area contributed by atoms with E-state index in [0.29, 0.717) is 0 Å². The molecule has 2 aromatic carbocycles. The topological polar surface area (TPSA) is 68.4 Å². The number of ether oxygens (including phenoxy) is 2. The van der Waals surface area contributed by atoms with Gasteiger partial charge in [-0.1, -0.05) is 24.3 Å². The summed E-state index contributed by atoms with van der Waals surface area (Å²) in [5, 5.41) is 0.993. The van der Waals surface area contributed by atoms with Crippen LogP contribution in [0.3, 0.4) is 0 Å². The number of nitrogens with one attached hydrogen (secondary N) is 1. The number of benzene rings is 2. The number of aromatic nitrogens is 1. The first kappa shape index (κ1) is 17.2. The Morgan fingerprint density at radius 3 is 2.09 bits per heavy atom. The van der Waals surface area contributed by atoms with Crippen LogP contribution >= 0.6 is 10.7 Å². The monoisotopic (exact) mass is 353 g/mol. The van der Waals surface area contributed by atoms with Crippen LogP contribution in [0.15, 0.2) is 59.6 Å². The lowest BCUT2D eigenvalue weighted by Crippen LogP contribution is -1.87. The zero-order valence-corrected chi connectivity index (χ0v) is 14.2. The molecule has 1 heterocycles. The van der Waals surface area contributed by atoms with Gasteiger partial charge in [-0.15, -0.1) is 0 Å². The predicted octanol–water partition coefficient (Wildman–Crippen LogP) is 3.80. The van der Waals surface area contributed by atoms with E-state index in [9.17, 15) is 8.42 Å². The molecule has 0 aliphatic carbocycles. The van der Waals surface area contributed by atoms with Gasteiger partial charge < -0.3 is 14.5 Å². The quantitative estimate of drug-likeness (QED) is 0.727. The van der Waals surface area contributed by atoms with Crippen molar-refractivity contribution < 1.29 is 17.9 Å². The third-order valence-corrected chi connectivity index (χ3v) is 4.47. The molecule has 1 N–H and O–H groups in total. The Labute approximate surface area is 139 Å². The van der Waals surface area contributed by atoms with Gasteiger partial charge in [0.15, 0.2) is 0 Å². The van der Waals surface area contributed by atoms with Crippen LogP contribution in [0.1, 0.15) is 0 Å². The molecule has 5 nitrogen and oxygen atoms in total. The normalized spacial score (nSPS) is 10.7. The van der Waals surface area contributed by atoms with Gasteiger partial charge in [-0.2, -0.15) is 0 Å². The summed E-state index contributed by atoms with van der Waals surface area (Å²) < 4.78 is 31.6. The van der Waals surface area contributed by atoms with Gasteiger partial charge in [-0.25, -0.2) is 8.42 Å². The minimum atomic E-state index is -3.53. The number of halogens is 1. The highest BCUT2D eigenvalue weighted by molar-refractivity contribution is 8.13. The second-order valence-corrected chi connectivity index (χ2v) is 7.06. The molecule has 0 atom stereocenters. The van der Waals surface area contributed by atoms with Gasteiger partial charge in [-0.05, 0) is 24.3 Å². The largest absolute Gasteiger partial charge is 0.496 e. The van der Waals surface area contributed by atoms with Gasteiger partial charge in [0, 0.05) is 16.9 Å². The minimum absolute atomic E-state index is 0.136. The van der Waals surface area contributed by atoms with E-state index in [1.165, 1.54) is 12.1 Å². The molecular formula is C16H16ClNO4S. The summed E-state index contributed by atoms with van der Waals surface area (Å²) in [5.74, 6) is 1.64. The molecule has 7 heteroatoms. The van der Waals surface area contributed by atoms with Crippen LogP contribution in [0.5, 0.6) is 11.5 Å². The third kappa shape index (κ3) is 4.18. The van der Waals surface area contributed by atoms with Crippen molar-refractivity contribution in [2.75, 3.05) is 14.2 Å². The van der Waals surface area contributed by atoms with Crippen LogP contribution in [0, 0.1) is 0 Å². The Balaban J connectivity index is 0.000000174. The Morgan fingerprint density at radius 2 is 1.57 bits per heavy atom. The maximum absolute atomic E-state index is 10.6. The summed E-state index contributed by atoms with van der Waals surface area (Å²) in [4.78, 5) is 3.24. The number of rotatable bonds is 3. The van der Waals surface area contributed by atoms with Crippen LogP contribution < -0.4 is 9.47 Å². The molecule has 0 aliphatic heterocycles. The number of aromatic amines is 1. The average molecular weight is 354 g/mol. The highest BCUT2D eigenvalue weighted by atomic mass is 35.7. The van der Waals surface area contributed by atoms with Crippen molar-refractivity contribution in [3.63, 3.8) is 0 Å². The van der Waals surface area contributed by atoms with E-state index in [-0.39, 0.29) is 4.90 Å². The lowest BCUT2D eigenvalue weighted by molar-refractivity contribution is 0.405. The molecule has 0 amide bonds. The molecule has 3 rings (SSSR count). The third-order valence-electron chi connectivity index (χ3n) is 3.10. The maximum atomic E-state index is 10.6. The fourth-order valence-electron chi connectivity index (χ4n) is 2.04. The van der Waals surface area contributed by atoms with E-state index in [0.717, 1.165) is 22.4 Å². The second-order valence-electron chi connectivity index (χ2n) is 4.49. The van der Waals surface area contributed by atoms with Crippen LogP contribution in [0.25, 0.3) is 10.9 Å². The van der Waals surface area contributed by atoms with Gasteiger partial charge in [0.25, 0.3) is 9.05 Å². The summed E-state index contributed by atoms with van der Waals surface area (Å²) in [6.07, 6.45) is 1.83. The molecule has 0 unspecified atom stereocenters. The molecule has 0 spiro atoms. The molecule has 0 saturated heterocycles. The number of methoxy groups -OCH3 is 2. The van der Waals surface area contributed by atoms with Gasteiger partial charge >= 0.3 is 0 Å². The van der Waals surface area contributed by atoms with E-state index in [1.807, 2.05) is 24.4 Å². The Bertz CT molecular complexity index is 875. The molecule has 0 aliphatic rings. The molecule has 0 bridgehead atoms. The van der Waals surface area contributed by atoms with E-state index in [1.54, 1.807) is 32.4 Å². The summed E-state index contributed by atoms with van der Waals surface area (Å²) in [5.41, 5.74) is 1.02. The Hall–Kier alpha value is -2.18. The van der Waals surface area contributed by atoms with Crippen molar-refractivity contribution in [2.24, 2.45) is 0 Å². The van der Waals surface area contributed by atoms with Gasteiger partial charge in [0.05, 0.1) is 30.0 Å². The van der Waals surface area contributed by atoms with Crippen LogP contribution in [0.2, 0.25) is 0 Å². The summed E-state index contributed by atoms with van der Waals surface area (Å²) >= 11 is 0. The van der Waals surface area contributed by atoms with Crippen molar-refractivity contribution in [3.8, 4) is 11.5 Å². The zero-order valence-electron chi connectivity index (χ0n) is 12.6. The first-order valence-corrected chi connectivity index (χ1v) is 8.96. The van der Waals surface area contributed by atoms with E-state index in [2.05, 4.69) is 4.98 Å². The van der Waals surface area contributed by atoms with Crippen molar-refractivity contribution in [1.82, 2.24) is 4.98 Å². The van der Waals surface area contributed by atoms with Gasteiger partial charge in [0.2, 0.25) is 0 Å². The number of fused-ring (bicyclic) bond motifs is 1. The van der Waals surface area contributed by atoms with E-state index < -0.39 is 9.05 Å². The SMILES string of the molecule is COc1cccc2[nH]cc(OC)c12.O=S(=O)(Cl)c1ccccc1. The summed E-state index contributed by atoms with van der Waals surface area (Å²) in [7, 11) is 4.80. The molecule has 1 aromatic heterocycles. The minimum Gasteiger partial charge on any atom is -0.496 e. The molecule has 0 radical (unpaired) electrons. The number of hydrogen-bond acceptors (Lipinski definition) is 4. The first-order chi connectivity index (χ1) is 11.0. The Kier molecular flexibility index (Phi) is 5.52. The van der Waals surface area contributed by atoms with Crippen molar-refractivity contribution in [2.45, 2.75) is 4.90 Å². The fourth-order valence-corrected chi connectivity index (χ4v) is 2.83. The van der Waals surface area contributed by atoms with Crippen LogP contribution in [0.4, 0.5) is 0 Å².